The topological polar surface area (TPSA) is 69.6 Å². The van der Waals surface area contributed by atoms with Gasteiger partial charge in [0.05, 0.1) is 6.61 Å². The monoisotopic (exact) mass is 316 g/mol. The molecule has 2 rings (SSSR count). The van der Waals surface area contributed by atoms with E-state index in [4.69, 9.17) is 5.11 Å². The molecule has 1 heterocycles. The molecular weight excluding hydrogens is 295 g/mol. The van der Waals surface area contributed by atoms with Gasteiger partial charge in [0, 0.05) is 12.6 Å². The highest BCUT2D eigenvalue weighted by Crippen LogP contribution is 2.19. The number of hydrogen-bond donors (Lipinski definition) is 2. The number of sulfonamides is 1. The number of rotatable bonds is 6. The van der Waals surface area contributed by atoms with Crippen LogP contribution >= 0.6 is 0 Å². The largest absolute Gasteiger partial charge is 0.392 e. The van der Waals surface area contributed by atoms with Gasteiger partial charge in [-0.3, -0.25) is 4.90 Å². The first-order chi connectivity index (χ1) is 9.97. The van der Waals surface area contributed by atoms with Crippen LogP contribution in [0.15, 0.2) is 23.1 Å². The third-order valence-electron chi connectivity index (χ3n) is 3.88. The highest BCUT2D eigenvalue weighted by Gasteiger charge is 2.26. The molecule has 0 bridgehead atoms. The summed E-state index contributed by atoms with van der Waals surface area (Å²) in [5, 5.41) is 9.04. The summed E-state index contributed by atoms with van der Waals surface area (Å²) in [5.41, 5.74) is 0.368. The van der Waals surface area contributed by atoms with Gasteiger partial charge in [-0.15, -0.1) is 0 Å². The van der Waals surface area contributed by atoms with Crippen molar-refractivity contribution < 1.29 is 17.9 Å². The first kappa shape index (κ1) is 16.4. The quantitative estimate of drug-likeness (QED) is 0.824. The van der Waals surface area contributed by atoms with Gasteiger partial charge in [-0.2, -0.15) is 0 Å². The summed E-state index contributed by atoms with van der Waals surface area (Å²) < 4.78 is 40.7. The van der Waals surface area contributed by atoms with E-state index in [2.05, 4.69) is 9.62 Å². The fourth-order valence-corrected chi connectivity index (χ4v) is 3.88. The fraction of sp³-hybridized carbons (Fsp3) is 0.571. The molecule has 118 valence electrons. The normalized spacial score (nSPS) is 20.0. The molecule has 1 aromatic carbocycles. The molecule has 0 aromatic heterocycles. The van der Waals surface area contributed by atoms with E-state index in [1.165, 1.54) is 12.1 Å². The van der Waals surface area contributed by atoms with Gasteiger partial charge in [-0.25, -0.2) is 17.5 Å². The maximum absolute atomic E-state index is 13.7. The molecule has 21 heavy (non-hydrogen) atoms. The molecule has 1 aromatic rings. The third kappa shape index (κ3) is 3.79. The molecule has 0 spiro atoms. The number of likely N-dealkylation sites (tertiary alicyclic amines) is 1. The molecule has 1 atom stereocenters. The lowest BCUT2D eigenvalue weighted by Gasteiger charge is -2.22. The van der Waals surface area contributed by atoms with Gasteiger partial charge in [0.1, 0.15) is 10.7 Å². The van der Waals surface area contributed by atoms with Crippen LogP contribution in [0.5, 0.6) is 0 Å². The first-order valence-electron chi connectivity index (χ1n) is 7.11. The van der Waals surface area contributed by atoms with Crippen molar-refractivity contribution in [3.8, 4) is 0 Å². The third-order valence-corrected chi connectivity index (χ3v) is 5.32. The van der Waals surface area contributed by atoms with E-state index < -0.39 is 20.7 Å². The molecule has 2 N–H and O–H groups in total. The van der Waals surface area contributed by atoms with Crippen molar-refractivity contribution in [2.45, 2.75) is 37.3 Å². The highest BCUT2D eigenvalue weighted by molar-refractivity contribution is 7.89. The molecule has 1 saturated heterocycles. The van der Waals surface area contributed by atoms with Crippen LogP contribution in [0, 0.1) is 5.82 Å². The molecule has 0 amide bonds. The van der Waals surface area contributed by atoms with Crippen LogP contribution in [0.25, 0.3) is 0 Å². The number of nitrogens with one attached hydrogen (secondary N) is 1. The van der Waals surface area contributed by atoms with Crippen LogP contribution in [-0.4, -0.2) is 44.1 Å². The Bertz CT molecular complexity index is 592. The Morgan fingerprint density at radius 2 is 2.24 bits per heavy atom. The lowest BCUT2D eigenvalue weighted by atomic mass is 10.2. The Labute approximate surface area is 124 Å². The zero-order chi connectivity index (χ0) is 15.5. The Morgan fingerprint density at radius 3 is 2.90 bits per heavy atom. The second-order valence-corrected chi connectivity index (χ2v) is 6.93. The Kier molecular flexibility index (Phi) is 5.32. The summed E-state index contributed by atoms with van der Waals surface area (Å²) in [7, 11) is -3.91. The van der Waals surface area contributed by atoms with E-state index >= 15 is 0 Å². The Morgan fingerprint density at radius 1 is 1.48 bits per heavy atom. The van der Waals surface area contributed by atoms with Crippen LogP contribution in [0.2, 0.25) is 0 Å². The molecule has 0 radical (unpaired) electrons. The molecule has 1 aliphatic rings. The molecule has 0 saturated carbocycles. The van der Waals surface area contributed by atoms with Crippen molar-refractivity contribution >= 4 is 10.0 Å². The molecule has 7 heteroatoms. The summed E-state index contributed by atoms with van der Waals surface area (Å²) in [5.74, 6) is -0.807. The molecule has 1 aliphatic heterocycles. The molecule has 5 nitrogen and oxygen atoms in total. The SMILES string of the molecule is CCN1CCCC1CNS(=O)(=O)c1cc(CO)ccc1F. The van der Waals surface area contributed by atoms with Gasteiger partial charge in [0.2, 0.25) is 10.0 Å². The number of hydrogen-bond acceptors (Lipinski definition) is 4. The van der Waals surface area contributed by atoms with Gasteiger partial charge in [0.15, 0.2) is 0 Å². The standard InChI is InChI=1S/C14H21FN2O3S/c1-2-17-7-3-4-12(17)9-16-21(19,20)14-8-11(10-18)5-6-13(14)15/h5-6,8,12,16,18H,2-4,7,9-10H2,1H3. The van der Waals surface area contributed by atoms with Crippen LogP contribution in [0.4, 0.5) is 4.39 Å². The summed E-state index contributed by atoms with van der Waals surface area (Å²) in [4.78, 5) is 1.80. The molecule has 1 unspecified atom stereocenters. The minimum Gasteiger partial charge on any atom is -0.392 e. The summed E-state index contributed by atoms with van der Waals surface area (Å²) in [6.07, 6.45) is 1.99. The molecule has 0 aliphatic carbocycles. The fourth-order valence-electron chi connectivity index (χ4n) is 2.68. The van der Waals surface area contributed by atoms with Crippen LogP contribution in [0.3, 0.4) is 0 Å². The van der Waals surface area contributed by atoms with Crippen molar-refractivity contribution in [3.05, 3.63) is 29.6 Å². The van der Waals surface area contributed by atoms with Crippen LogP contribution in [-0.2, 0) is 16.6 Å². The maximum atomic E-state index is 13.7. The first-order valence-corrected chi connectivity index (χ1v) is 8.59. The van der Waals surface area contributed by atoms with Crippen molar-refractivity contribution in [2.75, 3.05) is 19.6 Å². The predicted octanol–water partition coefficient (Wildman–Crippen LogP) is 1.08. The van der Waals surface area contributed by atoms with E-state index in [1.807, 2.05) is 6.92 Å². The van der Waals surface area contributed by atoms with Crippen molar-refractivity contribution in [2.24, 2.45) is 0 Å². The predicted molar refractivity (Wildman–Crippen MR) is 77.8 cm³/mol. The minimum absolute atomic E-state index is 0.161. The lowest BCUT2D eigenvalue weighted by Crippen LogP contribution is -2.40. The number of likely N-dealkylation sites (N-methyl/N-ethyl adjacent to an activating group) is 1. The van der Waals surface area contributed by atoms with E-state index in [0.29, 0.717) is 5.56 Å². The second-order valence-electron chi connectivity index (χ2n) is 5.20. The average molecular weight is 316 g/mol. The number of aliphatic hydroxyl groups excluding tert-OH is 1. The Hall–Kier alpha value is -1.02. The highest BCUT2D eigenvalue weighted by atomic mass is 32.2. The van der Waals surface area contributed by atoms with Gasteiger partial charge in [-0.05, 0) is 43.6 Å². The summed E-state index contributed by atoms with van der Waals surface area (Å²) >= 11 is 0. The zero-order valence-electron chi connectivity index (χ0n) is 12.0. The number of aliphatic hydroxyl groups is 1. The molecule has 1 fully saturated rings. The van der Waals surface area contributed by atoms with E-state index in [1.54, 1.807) is 0 Å². The molecular formula is C14H21FN2O3S. The Balaban J connectivity index is 2.11. The lowest BCUT2D eigenvalue weighted by molar-refractivity contribution is 0.268. The van der Waals surface area contributed by atoms with E-state index in [9.17, 15) is 12.8 Å². The van der Waals surface area contributed by atoms with E-state index in [-0.39, 0.29) is 19.2 Å². The van der Waals surface area contributed by atoms with Crippen molar-refractivity contribution in [3.63, 3.8) is 0 Å². The van der Waals surface area contributed by atoms with Crippen LogP contribution in [0.1, 0.15) is 25.3 Å². The van der Waals surface area contributed by atoms with Crippen molar-refractivity contribution in [1.82, 2.24) is 9.62 Å². The average Bonchev–Trinajstić information content (AvgIpc) is 2.93. The second kappa shape index (κ2) is 6.83. The minimum atomic E-state index is -3.91. The van der Waals surface area contributed by atoms with Gasteiger partial charge >= 0.3 is 0 Å². The van der Waals surface area contributed by atoms with Gasteiger partial charge in [-0.1, -0.05) is 13.0 Å². The van der Waals surface area contributed by atoms with Gasteiger partial charge in [0.25, 0.3) is 0 Å². The number of nitrogens with zero attached hydrogens (tertiary/aromatic N) is 1. The number of halogens is 1. The zero-order valence-corrected chi connectivity index (χ0v) is 12.9. The summed E-state index contributed by atoms with van der Waals surface area (Å²) in [6.45, 7) is 3.84. The van der Waals surface area contributed by atoms with Gasteiger partial charge < -0.3 is 5.11 Å². The number of benzene rings is 1. The van der Waals surface area contributed by atoms with E-state index in [0.717, 1.165) is 32.0 Å². The summed E-state index contributed by atoms with van der Waals surface area (Å²) in [6, 6.07) is 3.76. The van der Waals surface area contributed by atoms with Crippen LogP contribution < -0.4 is 4.72 Å². The van der Waals surface area contributed by atoms with Crippen molar-refractivity contribution in [1.29, 1.82) is 0 Å². The maximum Gasteiger partial charge on any atom is 0.243 e. The smallest absolute Gasteiger partial charge is 0.243 e.